The molecule has 3 rings (SSSR count). The molecule has 1 aromatic heterocycles. The van der Waals surface area contributed by atoms with Crippen LogP contribution in [0.15, 0.2) is 24.4 Å². The molecule has 1 fully saturated rings. The average molecular weight is 316 g/mol. The van der Waals surface area contributed by atoms with Crippen molar-refractivity contribution in [3.63, 3.8) is 0 Å². The summed E-state index contributed by atoms with van der Waals surface area (Å²) in [5.41, 5.74) is 1.54. The molecule has 1 aliphatic rings. The predicted octanol–water partition coefficient (Wildman–Crippen LogP) is 3.07. The molecule has 0 amide bonds. The van der Waals surface area contributed by atoms with E-state index in [1.54, 1.807) is 13.3 Å². The summed E-state index contributed by atoms with van der Waals surface area (Å²) in [6.07, 6.45) is 3.83. The van der Waals surface area contributed by atoms with Crippen LogP contribution in [-0.4, -0.2) is 49.7 Å². The fraction of sp³-hybridized carbons (Fsp3) is 0.500. The lowest BCUT2D eigenvalue weighted by atomic mass is 9.81. The second-order valence-corrected chi connectivity index (χ2v) is 6.80. The van der Waals surface area contributed by atoms with E-state index in [-0.39, 0.29) is 11.4 Å². The summed E-state index contributed by atoms with van der Waals surface area (Å²) in [4.78, 5) is 17.9. The van der Waals surface area contributed by atoms with Gasteiger partial charge in [0.2, 0.25) is 0 Å². The van der Waals surface area contributed by atoms with Gasteiger partial charge in [0.25, 0.3) is 0 Å². The van der Waals surface area contributed by atoms with Gasteiger partial charge < -0.3 is 19.4 Å². The second-order valence-electron chi connectivity index (χ2n) is 6.80. The van der Waals surface area contributed by atoms with Crippen LogP contribution in [0.1, 0.15) is 30.1 Å². The van der Waals surface area contributed by atoms with Gasteiger partial charge in [-0.3, -0.25) is 0 Å². The van der Waals surface area contributed by atoms with Crippen LogP contribution < -0.4 is 4.74 Å². The minimum Gasteiger partial charge on any atom is -0.497 e. The number of likely N-dealkylation sites (tertiary alicyclic amines) is 1. The van der Waals surface area contributed by atoms with Crippen LogP contribution in [0.3, 0.4) is 0 Å². The first-order valence-corrected chi connectivity index (χ1v) is 8.02. The highest BCUT2D eigenvalue weighted by atomic mass is 16.5. The van der Waals surface area contributed by atoms with Gasteiger partial charge in [-0.25, -0.2) is 4.79 Å². The third kappa shape index (κ3) is 3.34. The van der Waals surface area contributed by atoms with E-state index in [1.165, 1.54) is 0 Å². The van der Waals surface area contributed by atoms with E-state index in [2.05, 4.69) is 23.9 Å². The molecule has 0 spiro atoms. The van der Waals surface area contributed by atoms with Crippen molar-refractivity contribution >= 4 is 16.9 Å². The summed E-state index contributed by atoms with van der Waals surface area (Å²) >= 11 is 0. The highest BCUT2D eigenvalue weighted by Crippen LogP contribution is 2.31. The third-order valence-electron chi connectivity index (χ3n) is 4.85. The summed E-state index contributed by atoms with van der Waals surface area (Å²) in [7, 11) is 3.76. The average Bonchev–Trinajstić information content (AvgIpc) is 2.99. The Bertz CT molecular complexity index is 699. The van der Waals surface area contributed by atoms with Crippen molar-refractivity contribution in [2.24, 2.45) is 5.41 Å². The largest absolute Gasteiger partial charge is 0.497 e. The number of aromatic nitrogens is 1. The Hall–Kier alpha value is -2.01. The van der Waals surface area contributed by atoms with Crippen LogP contribution in [0.5, 0.6) is 5.75 Å². The Morgan fingerprint density at radius 2 is 2.09 bits per heavy atom. The number of hydrogen-bond acceptors (Lipinski definition) is 4. The summed E-state index contributed by atoms with van der Waals surface area (Å²) < 4.78 is 10.8. The van der Waals surface area contributed by atoms with Crippen molar-refractivity contribution in [1.29, 1.82) is 0 Å². The Morgan fingerprint density at radius 1 is 1.35 bits per heavy atom. The molecule has 2 heterocycles. The van der Waals surface area contributed by atoms with Gasteiger partial charge in [0.15, 0.2) is 0 Å². The number of benzene rings is 1. The molecule has 0 unspecified atom stereocenters. The number of methoxy groups -OCH3 is 1. The topological polar surface area (TPSA) is 54.6 Å². The normalized spacial score (nSPS) is 18.0. The number of carbonyl (C=O) groups excluding carboxylic acids is 1. The van der Waals surface area contributed by atoms with Crippen LogP contribution >= 0.6 is 0 Å². The molecule has 23 heavy (non-hydrogen) atoms. The maximum atomic E-state index is 12.4. The van der Waals surface area contributed by atoms with Gasteiger partial charge in [0, 0.05) is 28.6 Å². The molecule has 0 bridgehead atoms. The van der Waals surface area contributed by atoms with E-state index >= 15 is 0 Å². The SMILES string of the molecule is COc1ccc2c(C(=O)OCC3(C)CCN(C)CC3)c[nH]c2c1. The molecule has 0 aliphatic carbocycles. The number of fused-ring (bicyclic) bond motifs is 1. The van der Waals surface area contributed by atoms with E-state index < -0.39 is 0 Å². The van der Waals surface area contributed by atoms with Gasteiger partial charge >= 0.3 is 5.97 Å². The Morgan fingerprint density at radius 3 is 2.78 bits per heavy atom. The number of nitrogens with zero attached hydrogens (tertiary/aromatic N) is 1. The van der Waals surface area contributed by atoms with Gasteiger partial charge in [-0.1, -0.05) is 6.92 Å². The van der Waals surface area contributed by atoms with Crippen molar-refractivity contribution in [3.05, 3.63) is 30.0 Å². The van der Waals surface area contributed by atoms with Crippen molar-refractivity contribution in [2.45, 2.75) is 19.8 Å². The molecule has 1 aromatic carbocycles. The maximum absolute atomic E-state index is 12.4. The first-order chi connectivity index (χ1) is 11.0. The molecular formula is C18H24N2O3. The monoisotopic (exact) mass is 316 g/mol. The summed E-state index contributed by atoms with van der Waals surface area (Å²) in [5, 5.41) is 0.865. The number of ether oxygens (including phenoxy) is 2. The number of rotatable bonds is 4. The van der Waals surface area contributed by atoms with Gasteiger partial charge in [-0.15, -0.1) is 0 Å². The molecule has 0 saturated carbocycles. The van der Waals surface area contributed by atoms with E-state index in [0.29, 0.717) is 12.2 Å². The zero-order chi connectivity index (χ0) is 16.4. The van der Waals surface area contributed by atoms with E-state index in [9.17, 15) is 4.79 Å². The molecule has 1 saturated heterocycles. The van der Waals surface area contributed by atoms with Gasteiger partial charge in [-0.2, -0.15) is 0 Å². The minimum atomic E-state index is -0.262. The van der Waals surface area contributed by atoms with Crippen LogP contribution in [0.2, 0.25) is 0 Å². The standard InChI is InChI=1S/C18H24N2O3/c1-18(6-8-20(2)9-7-18)12-23-17(21)15-11-19-16-10-13(22-3)4-5-14(15)16/h4-5,10-11,19H,6-9,12H2,1-3H3. The Labute approximate surface area is 136 Å². The first-order valence-electron chi connectivity index (χ1n) is 8.02. The van der Waals surface area contributed by atoms with Gasteiger partial charge in [-0.05, 0) is 45.1 Å². The molecule has 5 nitrogen and oxygen atoms in total. The van der Waals surface area contributed by atoms with Crippen LogP contribution in [0.25, 0.3) is 10.9 Å². The van der Waals surface area contributed by atoms with Crippen molar-refractivity contribution < 1.29 is 14.3 Å². The lowest BCUT2D eigenvalue weighted by molar-refractivity contribution is 0.0158. The molecule has 0 atom stereocenters. The number of aromatic amines is 1. The number of H-pyrrole nitrogens is 1. The van der Waals surface area contributed by atoms with Crippen LogP contribution in [0, 0.1) is 5.41 Å². The molecule has 1 N–H and O–H groups in total. The van der Waals surface area contributed by atoms with Crippen LogP contribution in [0.4, 0.5) is 0 Å². The molecule has 1 aliphatic heterocycles. The number of hydrogen-bond donors (Lipinski definition) is 1. The second kappa shape index (κ2) is 6.24. The zero-order valence-electron chi connectivity index (χ0n) is 14.0. The fourth-order valence-corrected chi connectivity index (χ4v) is 3.02. The lowest BCUT2D eigenvalue weighted by Gasteiger charge is -2.37. The van der Waals surface area contributed by atoms with Gasteiger partial charge in [0.1, 0.15) is 5.75 Å². The van der Waals surface area contributed by atoms with Crippen LogP contribution in [-0.2, 0) is 4.74 Å². The predicted molar refractivity (Wildman–Crippen MR) is 90.0 cm³/mol. The zero-order valence-corrected chi connectivity index (χ0v) is 14.0. The summed E-state index contributed by atoms with van der Waals surface area (Å²) in [5.74, 6) is 0.500. The number of piperidine rings is 1. The number of carbonyl (C=O) groups is 1. The van der Waals surface area contributed by atoms with E-state index in [4.69, 9.17) is 9.47 Å². The van der Waals surface area contributed by atoms with Crippen molar-refractivity contribution in [3.8, 4) is 5.75 Å². The highest BCUT2D eigenvalue weighted by molar-refractivity contribution is 6.04. The molecular weight excluding hydrogens is 292 g/mol. The lowest BCUT2D eigenvalue weighted by Crippen LogP contribution is -2.39. The van der Waals surface area contributed by atoms with E-state index in [1.807, 2.05) is 18.2 Å². The highest BCUT2D eigenvalue weighted by Gasteiger charge is 2.30. The third-order valence-corrected chi connectivity index (χ3v) is 4.85. The Balaban J connectivity index is 1.69. The molecule has 124 valence electrons. The maximum Gasteiger partial charge on any atom is 0.340 e. The van der Waals surface area contributed by atoms with Crippen molar-refractivity contribution in [2.75, 3.05) is 33.9 Å². The van der Waals surface area contributed by atoms with Crippen molar-refractivity contribution in [1.82, 2.24) is 9.88 Å². The first kappa shape index (κ1) is 15.9. The number of nitrogens with one attached hydrogen (secondary N) is 1. The fourth-order valence-electron chi connectivity index (χ4n) is 3.02. The molecule has 2 aromatic rings. The number of esters is 1. The Kier molecular flexibility index (Phi) is 4.31. The quantitative estimate of drug-likeness (QED) is 0.881. The van der Waals surface area contributed by atoms with E-state index in [0.717, 1.165) is 42.6 Å². The minimum absolute atomic E-state index is 0.0809. The molecule has 5 heteroatoms. The summed E-state index contributed by atoms with van der Waals surface area (Å²) in [6, 6.07) is 5.62. The van der Waals surface area contributed by atoms with Gasteiger partial charge in [0.05, 0.1) is 19.3 Å². The smallest absolute Gasteiger partial charge is 0.340 e. The molecule has 0 radical (unpaired) electrons. The summed E-state index contributed by atoms with van der Waals surface area (Å²) in [6.45, 7) is 4.79.